The first-order valence-corrected chi connectivity index (χ1v) is 13.1. The summed E-state index contributed by atoms with van der Waals surface area (Å²) < 4.78 is 16.1. The molecule has 192 valence electrons. The van der Waals surface area contributed by atoms with Crippen LogP contribution in [0.15, 0.2) is 42.5 Å². The number of piperidine rings is 2. The van der Waals surface area contributed by atoms with Gasteiger partial charge in [-0.2, -0.15) is 0 Å². The van der Waals surface area contributed by atoms with Gasteiger partial charge in [0.2, 0.25) is 6.79 Å². The SMILES string of the molecule is CCOC(=O)C1CCCCN1C1CCN(c2ccc(C(=O)NCc3ccc4c(c3)OCO4)cc2)CC1. The number of carbonyl (C=O) groups excluding carboxylic acids is 2. The predicted molar refractivity (Wildman–Crippen MR) is 136 cm³/mol. The number of nitrogens with one attached hydrogen (secondary N) is 1. The van der Waals surface area contributed by atoms with Crippen LogP contribution >= 0.6 is 0 Å². The van der Waals surface area contributed by atoms with Crippen molar-refractivity contribution in [3.05, 3.63) is 53.6 Å². The van der Waals surface area contributed by atoms with Crippen LogP contribution in [0, 0.1) is 0 Å². The third-order valence-electron chi connectivity index (χ3n) is 7.42. The fourth-order valence-electron chi connectivity index (χ4n) is 5.50. The number of benzene rings is 2. The molecule has 2 fully saturated rings. The van der Waals surface area contributed by atoms with Crippen molar-refractivity contribution in [2.24, 2.45) is 0 Å². The molecule has 2 aromatic rings. The van der Waals surface area contributed by atoms with E-state index in [1.54, 1.807) is 0 Å². The number of amides is 1. The molecule has 8 nitrogen and oxygen atoms in total. The van der Waals surface area contributed by atoms with Gasteiger partial charge in [-0.15, -0.1) is 0 Å². The van der Waals surface area contributed by atoms with Crippen molar-refractivity contribution < 1.29 is 23.8 Å². The van der Waals surface area contributed by atoms with Crippen molar-refractivity contribution in [2.75, 3.05) is 37.9 Å². The highest BCUT2D eigenvalue weighted by Gasteiger charge is 2.36. The lowest BCUT2D eigenvalue weighted by Gasteiger charge is -2.44. The highest BCUT2D eigenvalue weighted by atomic mass is 16.7. The van der Waals surface area contributed by atoms with E-state index in [0.29, 0.717) is 30.5 Å². The topological polar surface area (TPSA) is 80.3 Å². The molecule has 1 atom stereocenters. The van der Waals surface area contributed by atoms with Gasteiger partial charge < -0.3 is 24.4 Å². The molecule has 5 rings (SSSR count). The molecule has 1 amide bonds. The lowest BCUT2D eigenvalue weighted by molar-refractivity contribution is -0.152. The average Bonchev–Trinajstić information content (AvgIpc) is 3.40. The molecule has 0 bridgehead atoms. The quantitative estimate of drug-likeness (QED) is 0.589. The van der Waals surface area contributed by atoms with Crippen LogP contribution in [-0.2, 0) is 16.1 Å². The summed E-state index contributed by atoms with van der Waals surface area (Å²) in [5.41, 5.74) is 2.73. The van der Waals surface area contributed by atoms with Gasteiger partial charge in [-0.1, -0.05) is 12.5 Å². The Labute approximate surface area is 212 Å². The minimum absolute atomic E-state index is 0.0629. The molecule has 2 aromatic carbocycles. The van der Waals surface area contributed by atoms with E-state index in [1.165, 1.54) is 0 Å². The van der Waals surface area contributed by atoms with Crippen LogP contribution in [0.25, 0.3) is 0 Å². The van der Waals surface area contributed by atoms with Gasteiger partial charge in [0.1, 0.15) is 6.04 Å². The Hall–Kier alpha value is -3.26. The smallest absolute Gasteiger partial charge is 0.323 e. The van der Waals surface area contributed by atoms with Crippen LogP contribution in [0.1, 0.15) is 54.9 Å². The molecular formula is C28H35N3O5. The Bertz CT molecular complexity index is 1070. The lowest BCUT2D eigenvalue weighted by atomic mass is 9.94. The number of likely N-dealkylation sites (tertiary alicyclic amines) is 1. The minimum Gasteiger partial charge on any atom is -0.465 e. The van der Waals surface area contributed by atoms with Gasteiger partial charge in [0.05, 0.1) is 6.61 Å². The van der Waals surface area contributed by atoms with Crippen LogP contribution < -0.4 is 19.7 Å². The van der Waals surface area contributed by atoms with E-state index in [-0.39, 0.29) is 24.7 Å². The zero-order chi connectivity index (χ0) is 24.9. The van der Waals surface area contributed by atoms with Crippen LogP contribution in [0.3, 0.4) is 0 Å². The maximum absolute atomic E-state index is 12.7. The molecule has 8 heteroatoms. The summed E-state index contributed by atoms with van der Waals surface area (Å²) >= 11 is 0. The van der Waals surface area contributed by atoms with Gasteiger partial charge in [0.15, 0.2) is 11.5 Å². The number of ether oxygens (including phenoxy) is 3. The molecule has 0 spiro atoms. The van der Waals surface area contributed by atoms with E-state index in [9.17, 15) is 9.59 Å². The monoisotopic (exact) mass is 493 g/mol. The van der Waals surface area contributed by atoms with Gasteiger partial charge in [-0.25, -0.2) is 0 Å². The number of carbonyl (C=O) groups is 2. The highest BCUT2D eigenvalue weighted by Crippen LogP contribution is 2.32. The van der Waals surface area contributed by atoms with Crippen LogP contribution in [0.4, 0.5) is 5.69 Å². The van der Waals surface area contributed by atoms with Crippen molar-refractivity contribution in [2.45, 2.75) is 57.7 Å². The molecule has 3 heterocycles. The Morgan fingerprint density at radius 3 is 2.53 bits per heavy atom. The van der Waals surface area contributed by atoms with Gasteiger partial charge in [0, 0.05) is 36.9 Å². The van der Waals surface area contributed by atoms with Gasteiger partial charge in [-0.3, -0.25) is 14.5 Å². The van der Waals surface area contributed by atoms with E-state index in [0.717, 1.165) is 68.7 Å². The number of anilines is 1. The first-order valence-electron chi connectivity index (χ1n) is 13.1. The number of fused-ring (bicyclic) bond motifs is 1. The molecule has 3 aliphatic heterocycles. The van der Waals surface area contributed by atoms with Gasteiger partial charge >= 0.3 is 5.97 Å². The Kier molecular flexibility index (Phi) is 7.60. The van der Waals surface area contributed by atoms with Crippen LogP contribution in [-0.4, -0.2) is 61.9 Å². The first kappa shape index (κ1) is 24.4. The van der Waals surface area contributed by atoms with E-state index < -0.39 is 0 Å². The third-order valence-corrected chi connectivity index (χ3v) is 7.42. The first-order chi connectivity index (χ1) is 17.6. The molecule has 2 saturated heterocycles. The van der Waals surface area contributed by atoms with Crippen LogP contribution in [0.5, 0.6) is 11.5 Å². The summed E-state index contributed by atoms with van der Waals surface area (Å²) in [5.74, 6) is 1.28. The van der Waals surface area contributed by atoms with E-state index in [4.69, 9.17) is 14.2 Å². The summed E-state index contributed by atoms with van der Waals surface area (Å²) in [7, 11) is 0. The normalized spacial score (nSPS) is 20.2. The van der Waals surface area contributed by atoms with Crippen molar-refractivity contribution >= 4 is 17.6 Å². The molecular weight excluding hydrogens is 458 g/mol. The fourth-order valence-corrected chi connectivity index (χ4v) is 5.50. The number of rotatable bonds is 7. The predicted octanol–water partition coefficient (Wildman–Crippen LogP) is 3.73. The van der Waals surface area contributed by atoms with Gasteiger partial charge in [-0.05, 0) is 81.1 Å². The van der Waals surface area contributed by atoms with Crippen molar-refractivity contribution in [3.8, 4) is 11.5 Å². The molecule has 0 radical (unpaired) electrons. The second-order valence-electron chi connectivity index (χ2n) is 9.64. The average molecular weight is 494 g/mol. The summed E-state index contributed by atoms with van der Waals surface area (Å²) in [4.78, 5) is 29.9. The number of hydrogen-bond donors (Lipinski definition) is 1. The van der Waals surface area contributed by atoms with E-state index in [1.807, 2.05) is 49.4 Å². The second kappa shape index (κ2) is 11.2. The maximum atomic E-state index is 12.7. The Balaban J connectivity index is 1.12. The molecule has 36 heavy (non-hydrogen) atoms. The maximum Gasteiger partial charge on any atom is 0.323 e. The summed E-state index contributed by atoms with van der Waals surface area (Å²) in [6, 6.07) is 13.8. The summed E-state index contributed by atoms with van der Waals surface area (Å²) in [5, 5.41) is 2.98. The number of nitrogens with zero attached hydrogens (tertiary/aromatic N) is 2. The minimum atomic E-state index is -0.104. The molecule has 1 N–H and O–H groups in total. The van der Waals surface area contributed by atoms with E-state index in [2.05, 4.69) is 15.1 Å². The van der Waals surface area contributed by atoms with E-state index >= 15 is 0 Å². The molecule has 0 aromatic heterocycles. The molecule has 0 saturated carbocycles. The molecule has 3 aliphatic rings. The Morgan fingerprint density at radius 1 is 0.972 bits per heavy atom. The number of esters is 1. The van der Waals surface area contributed by atoms with Crippen molar-refractivity contribution in [1.29, 1.82) is 0 Å². The van der Waals surface area contributed by atoms with Crippen molar-refractivity contribution in [1.82, 2.24) is 10.2 Å². The zero-order valence-electron chi connectivity index (χ0n) is 20.9. The standard InChI is InChI=1S/C28H35N3O5/c1-2-34-28(33)24-5-3-4-14-31(24)23-12-15-30(16-13-23)22-9-7-21(8-10-22)27(32)29-18-20-6-11-25-26(17-20)36-19-35-25/h6-11,17,23-24H,2-5,12-16,18-19H2,1H3,(H,29,32). The van der Waals surface area contributed by atoms with Crippen molar-refractivity contribution in [3.63, 3.8) is 0 Å². The van der Waals surface area contributed by atoms with Crippen LogP contribution in [0.2, 0.25) is 0 Å². The highest BCUT2D eigenvalue weighted by molar-refractivity contribution is 5.94. The largest absolute Gasteiger partial charge is 0.465 e. The Morgan fingerprint density at radius 2 is 1.75 bits per heavy atom. The molecule has 0 aliphatic carbocycles. The zero-order valence-corrected chi connectivity index (χ0v) is 20.9. The number of hydrogen-bond acceptors (Lipinski definition) is 7. The fraction of sp³-hybridized carbons (Fsp3) is 0.500. The molecule has 1 unspecified atom stereocenters. The lowest BCUT2D eigenvalue weighted by Crippen LogP contribution is -2.54. The third kappa shape index (κ3) is 5.43. The summed E-state index contributed by atoms with van der Waals surface area (Å²) in [6.07, 6.45) is 5.18. The second-order valence-corrected chi connectivity index (χ2v) is 9.64. The summed E-state index contributed by atoms with van der Waals surface area (Å²) in [6.45, 7) is 5.82. The van der Waals surface area contributed by atoms with Gasteiger partial charge in [0.25, 0.3) is 5.91 Å².